The molecule has 0 bridgehead atoms. The van der Waals surface area contributed by atoms with Crippen LogP contribution >= 0.6 is 23.2 Å². The highest BCUT2D eigenvalue weighted by molar-refractivity contribution is 7.89. The minimum absolute atomic E-state index is 0.0230. The second kappa shape index (κ2) is 7.85. The molecular formula is C13H13Cl2F3N2O5S. The van der Waals surface area contributed by atoms with Crippen molar-refractivity contribution in [2.75, 3.05) is 6.54 Å². The third kappa shape index (κ3) is 4.97. The van der Waals surface area contributed by atoms with Crippen molar-refractivity contribution in [3.8, 4) is 0 Å². The molecule has 0 aromatic heterocycles. The summed E-state index contributed by atoms with van der Waals surface area (Å²) in [7, 11) is -4.38. The van der Waals surface area contributed by atoms with E-state index in [1.807, 2.05) is 0 Å². The van der Waals surface area contributed by atoms with Crippen LogP contribution in [0, 0.1) is 10.1 Å². The van der Waals surface area contributed by atoms with Crippen LogP contribution in [0.15, 0.2) is 17.0 Å². The van der Waals surface area contributed by atoms with Crippen LogP contribution in [-0.4, -0.2) is 38.3 Å². The predicted molar refractivity (Wildman–Crippen MR) is 86.9 cm³/mol. The zero-order valence-corrected chi connectivity index (χ0v) is 15.3. The molecule has 1 aromatic carbocycles. The molecular weight excluding hydrogens is 424 g/mol. The lowest BCUT2D eigenvalue weighted by Crippen LogP contribution is -2.31. The Bertz CT molecular complexity index is 804. The smallest absolute Gasteiger partial charge is 0.365 e. The molecule has 1 aliphatic rings. The highest BCUT2D eigenvalue weighted by atomic mass is 35.5. The van der Waals surface area contributed by atoms with Crippen LogP contribution < -0.4 is 4.72 Å². The van der Waals surface area contributed by atoms with Gasteiger partial charge in [-0.05, 0) is 25.3 Å². The van der Waals surface area contributed by atoms with E-state index in [1.165, 1.54) is 0 Å². The normalized spacial score (nSPS) is 21.1. The molecule has 2 atom stereocenters. The molecule has 13 heteroatoms. The molecule has 1 saturated heterocycles. The molecule has 2 rings (SSSR count). The first kappa shape index (κ1) is 21.2. The molecule has 146 valence electrons. The molecule has 0 spiro atoms. The van der Waals surface area contributed by atoms with Crippen molar-refractivity contribution in [2.24, 2.45) is 0 Å². The molecule has 1 aliphatic heterocycles. The molecule has 0 aliphatic carbocycles. The van der Waals surface area contributed by atoms with E-state index in [9.17, 15) is 31.7 Å². The lowest BCUT2D eigenvalue weighted by molar-refractivity contribution is -0.387. The Hall–Kier alpha value is -1.14. The standard InChI is InChI=1S/C13H13Cl2F3N2O5S/c14-7-5-9(15)12(10(6-7)20(21)22)26(23,24)19-4-3-8-1-2-11(25-8)13(16,17)18/h5-6,8,11,19H,1-4H2. The van der Waals surface area contributed by atoms with Gasteiger partial charge < -0.3 is 4.74 Å². The van der Waals surface area contributed by atoms with Crippen molar-refractivity contribution in [1.29, 1.82) is 0 Å². The maximum absolute atomic E-state index is 12.5. The van der Waals surface area contributed by atoms with Crippen LogP contribution in [-0.2, 0) is 14.8 Å². The second-order valence-electron chi connectivity index (χ2n) is 5.55. The van der Waals surface area contributed by atoms with Gasteiger partial charge in [0.25, 0.3) is 5.69 Å². The van der Waals surface area contributed by atoms with E-state index in [2.05, 4.69) is 4.72 Å². The summed E-state index contributed by atoms with van der Waals surface area (Å²) < 4.78 is 69.2. The van der Waals surface area contributed by atoms with Gasteiger partial charge in [-0.25, -0.2) is 13.1 Å². The van der Waals surface area contributed by atoms with Gasteiger partial charge in [0, 0.05) is 17.6 Å². The van der Waals surface area contributed by atoms with Crippen molar-refractivity contribution in [3.05, 3.63) is 32.3 Å². The fourth-order valence-electron chi connectivity index (χ4n) is 2.53. The first-order valence-electron chi connectivity index (χ1n) is 7.27. The second-order valence-corrected chi connectivity index (χ2v) is 8.09. The lowest BCUT2D eigenvalue weighted by Gasteiger charge is -2.16. The zero-order valence-electron chi connectivity index (χ0n) is 12.9. The number of nitro benzene ring substituents is 1. The maximum atomic E-state index is 12.5. The maximum Gasteiger partial charge on any atom is 0.414 e. The number of sulfonamides is 1. The van der Waals surface area contributed by atoms with E-state index in [4.69, 9.17) is 27.9 Å². The number of alkyl halides is 3. The summed E-state index contributed by atoms with van der Waals surface area (Å²) in [6.07, 6.45) is -7.18. The molecule has 2 unspecified atom stereocenters. The molecule has 1 fully saturated rings. The van der Waals surface area contributed by atoms with Crippen molar-refractivity contribution >= 4 is 38.9 Å². The predicted octanol–water partition coefficient (Wildman–Crippen LogP) is 3.68. The van der Waals surface area contributed by atoms with E-state index in [0.29, 0.717) is 0 Å². The molecule has 0 amide bonds. The number of hydrogen-bond donors (Lipinski definition) is 1. The zero-order chi connectivity index (χ0) is 19.7. The summed E-state index contributed by atoms with van der Waals surface area (Å²) in [4.78, 5) is 9.36. The average Bonchev–Trinajstić information content (AvgIpc) is 2.94. The largest absolute Gasteiger partial charge is 0.414 e. The Kier molecular flexibility index (Phi) is 6.39. The van der Waals surface area contributed by atoms with Crippen LogP contribution in [0.5, 0.6) is 0 Å². The molecule has 1 N–H and O–H groups in total. The third-order valence-corrected chi connectivity index (χ3v) is 5.86. The van der Waals surface area contributed by atoms with Gasteiger partial charge in [-0.1, -0.05) is 23.2 Å². The molecule has 7 nitrogen and oxygen atoms in total. The summed E-state index contributed by atoms with van der Waals surface area (Å²) in [6, 6.07) is 1.88. The Morgan fingerprint density at radius 2 is 1.96 bits per heavy atom. The minimum Gasteiger partial charge on any atom is -0.365 e. The van der Waals surface area contributed by atoms with Crippen LogP contribution in [0.1, 0.15) is 19.3 Å². The van der Waals surface area contributed by atoms with Crippen LogP contribution in [0.3, 0.4) is 0 Å². The summed E-state index contributed by atoms with van der Waals surface area (Å²) >= 11 is 11.4. The fourth-order valence-corrected chi connectivity index (χ4v) is 4.58. The van der Waals surface area contributed by atoms with Crippen molar-refractivity contribution in [2.45, 2.75) is 42.5 Å². The number of benzene rings is 1. The topological polar surface area (TPSA) is 98.5 Å². The molecule has 0 radical (unpaired) electrons. The number of halogens is 5. The van der Waals surface area contributed by atoms with Crippen molar-refractivity contribution in [3.63, 3.8) is 0 Å². The number of ether oxygens (including phenoxy) is 1. The lowest BCUT2D eigenvalue weighted by atomic mass is 10.1. The number of nitro groups is 1. The van der Waals surface area contributed by atoms with Gasteiger partial charge in [0.05, 0.1) is 16.0 Å². The first-order chi connectivity index (χ1) is 11.9. The number of hydrogen-bond acceptors (Lipinski definition) is 5. The quantitative estimate of drug-likeness (QED) is 0.541. The summed E-state index contributed by atoms with van der Waals surface area (Å²) in [5.74, 6) is 0. The highest BCUT2D eigenvalue weighted by Crippen LogP contribution is 2.35. The van der Waals surface area contributed by atoms with Gasteiger partial charge in [-0.2, -0.15) is 13.2 Å². The first-order valence-corrected chi connectivity index (χ1v) is 9.51. The van der Waals surface area contributed by atoms with Gasteiger partial charge in [-0.3, -0.25) is 10.1 Å². The van der Waals surface area contributed by atoms with Crippen LogP contribution in [0.2, 0.25) is 10.0 Å². The fraction of sp³-hybridized carbons (Fsp3) is 0.538. The monoisotopic (exact) mass is 436 g/mol. The van der Waals surface area contributed by atoms with Crippen molar-refractivity contribution in [1.82, 2.24) is 4.72 Å². The van der Waals surface area contributed by atoms with Gasteiger partial charge in [-0.15, -0.1) is 0 Å². The van der Waals surface area contributed by atoms with Gasteiger partial charge in [0.1, 0.15) is 0 Å². The van der Waals surface area contributed by atoms with Gasteiger partial charge in [0.2, 0.25) is 10.0 Å². The minimum atomic E-state index is -4.47. The van der Waals surface area contributed by atoms with Crippen molar-refractivity contribution < 1.29 is 31.2 Å². The van der Waals surface area contributed by atoms with Gasteiger partial charge >= 0.3 is 6.18 Å². The Morgan fingerprint density at radius 1 is 1.31 bits per heavy atom. The van der Waals surface area contributed by atoms with Crippen LogP contribution in [0.25, 0.3) is 0 Å². The van der Waals surface area contributed by atoms with E-state index in [1.54, 1.807) is 0 Å². The van der Waals surface area contributed by atoms with E-state index >= 15 is 0 Å². The number of nitrogens with zero attached hydrogens (tertiary/aromatic N) is 1. The Morgan fingerprint density at radius 3 is 2.50 bits per heavy atom. The Labute approximate surface area is 156 Å². The summed E-state index contributed by atoms with van der Waals surface area (Å²) in [5.41, 5.74) is -0.802. The molecule has 1 aromatic rings. The summed E-state index contributed by atoms with van der Waals surface area (Å²) in [6.45, 7) is -0.270. The summed E-state index contributed by atoms with van der Waals surface area (Å²) in [5, 5.41) is 10.5. The van der Waals surface area contributed by atoms with Gasteiger partial charge in [0.15, 0.2) is 11.0 Å². The van der Waals surface area contributed by atoms with E-state index < -0.39 is 48.9 Å². The van der Waals surface area contributed by atoms with E-state index in [-0.39, 0.29) is 30.8 Å². The molecule has 26 heavy (non-hydrogen) atoms. The number of nitrogens with one attached hydrogen (secondary N) is 1. The van der Waals surface area contributed by atoms with Crippen LogP contribution in [0.4, 0.5) is 18.9 Å². The average molecular weight is 437 g/mol. The van der Waals surface area contributed by atoms with E-state index in [0.717, 1.165) is 12.1 Å². The third-order valence-electron chi connectivity index (χ3n) is 3.69. The number of rotatable bonds is 6. The molecule has 0 saturated carbocycles. The molecule has 1 heterocycles. The highest BCUT2D eigenvalue weighted by Gasteiger charge is 2.45. The SMILES string of the molecule is O=[N+]([O-])c1cc(Cl)cc(Cl)c1S(=O)(=O)NCCC1CCC(C(F)(F)F)O1. The Balaban J connectivity index is 2.06.